The Bertz CT molecular complexity index is 919. The monoisotopic (exact) mass is 625 g/mol. The van der Waals surface area contributed by atoms with Crippen molar-refractivity contribution in [3.63, 3.8) is 0 Å². The number of esters is 1. The van der Waals surface area contributed by atoms with Gasteiger partial charge in [0.2, 0.25) is 0 Å². The van der Waals surface area contributed by atoms with Crippen LogP contribution in [-0.4, -0.2) is 12.1 Å². The molecule has 3 saturated carbocycles. The summed E-state index contributed by atoms with van der Waals surface area (Å²) in [5, 5.41) is 0. The molecule has 0 heterocycles. The van der Waals surface area contributed by atoms with Gasteiger partial charge in [0, 0.05) is 6.42 Å². The predicted octanol–water partition coefficient (Wildman–Crippen LogP) is 13.3. The standard InChI is InChI=1S/C43H76O2/c1-8-10-12-14-15-17-22-34(21-16-13-11-9-2)41(44)45-36-27-29-42(6)35(31-36)23-24-37-39-26-25-38(33(5)20-18-19-32(3)4)43(39,7)30-28-40(37)42/h23,32-34,36-40H,8-22,24-31H2,1-7H3/t33-,34?,36?,37?,38-,39?,40?,42+,43-/m1/s1. The van der Waals surface area contributed by atoms with Crippen molar-refractivity contribution in [2.75, 3.05) is 0 Å². The Labute approximate surface area is 281 Å². The summed E-state index contributed by atoms with van der Waals surface area (Å²) >= 11 is 0. The Morgan fingerprint density at radius 2 is 1.44 bits per heavy atom. The third-order valence-electron chi connectivity index (χ3n) is 14.2. The Kier molecular flexibility index (Phi) is 14.5. The van der Waals surface area contributed by atoms with Gasteiger partial charge >= 0.3 is 5.97 Å². The fraction of sp³-hybridized carbons (Fsp3) is 0.930. The molecule has 0 N–H and O–H groups in total. The summed E-state index contributed by atoms with van der Waals surface area (Å²) in [7, 11) is 0. The smallest absolute Gasteiger partial charge is 0.309 e. The summed E-state index contributed by atoms with van der Waals surface area (Å²) in [4.78, 5) is 13.6. The molecule has 4 aliphatic carbocycles. The van der Waals surface area contributed by atoms with E-state index in [-0.39, 0.29) is 18.0 Å². The Hall–Kier alpha value is -0.790. The number of ether oxygens (including phenoxy) is 1. The lowest BCUT2D eigenvalue weighted by molar-refractivity contribution is -0.157. The van der Waals surface area contributed by atoms with Crippen LogP contribution in [0.15, 0.2) is 11.6 Å². The first-order valence-electron chi connectivity index (χ1n) is 20.5. The molecule has 0 amide bonds. The molecule has 4 aliphatic rings. The van der Waals surface area contributed by atoms with Crippen molar-refractivity contribution < 1.29 is 9.53 Å². The summed E-state index contributed by atoms with van der Waals surface area (Å²) in [6.07, 6.45) is 32.2. The first-order chi connectivity index (χ1) is 21.6. The zero-order chi connectivity index (χ0) is 32.5. The fourth-order valence-electron chi connectivity index (χ4n) is 11.4. The van der Waals surface area contributed by atoms with Crippen LogP contribution in [0.3, 0.4) is 0 Å². The number of carbonyl (C=O) groups excluding carboxylic acids is 1. The largest absolute Gasteiger partial charge is 0.462 e. The lowest BCUT2D eigenvalue weighted by atomic mass is 9.47. The number of carbonyl (C=O) groups is 1. The van der Waals surface area contributed by atoms with Crippen LogP contribution in [0, 0.1) is 52.3 Å². The number of hydrogen-bond donors (Lipinski definition) is 0. The molecule has 0 aliphatic heterocycles. The minimum Gasteiger partial charge on any atom is -0.462 e. The maximum Gasteiger partial charge on any atom is 0.309 e. The molecule has 2 heteroatoms. The number of unbranched alkanes of at least 4 members (excludes halogenated alkanes) is 8. The Balaban J connectivity index is 1.33. The zero-order valence-electron chi connectivity index (χ0n) is 31.3. The van der Waals surface area contributed by atoms with Crippen molar-refractivity contribution in [3.8, 4) is 0 Å². The third-order valence-corrected chi connectivity index (χ3v) is 14.2. The molecule has 45 heavy (non-hydrogen) atoms. The molecular formula is C43H76O2. The Morgan fingerprint density at radius 3 is 2.13 bits per heavy atom. The van der Waals surface area contributed by atoms with E-state index in [2.05, 4.69) is 54.5 Å². The molecule has 0 spiro atoms. The van der Waals surface area contributed by atoms with Gasteiger partial charge in [-0.1, -0.05) is 144 Å². The second-order valence-electron chi connectivity index (χ2n) is 17.7. The molecule has 0 saturated heterocycles. The van der Waals surface area contributed by atoms with Crippen molar-refractivity contribution in [2.45, 2.75) is 202 Å². The Morgan fingerprint density at radius 1 is 0.778 bits per heavy atom. The van der Waals surface area contributed by atoms with Gasteiger partial charge in [0.15, 0.2) is 0 Å². The lowest BCUT2D eigenvalue weighted by Crippen LogP contribution is -2.51. The summed E-state index contributed by atoms with van der Waals surface area (Å²) < 4.78 is 6.43. The summed E-state index contributed by atoms with van der Waals surface area (Å²) in [6.45, 7) is 17.2. The van der Waals surface area contributed by atoms with Crippen molar-refractivity contribution in [2.24, 2.45) is 52.3 Å². The SMILES string of the molecule is CCCCCCCCC(CCCCCC)C(=O)OC1CC[C@@]2(C)C(=CCC3C2CC[C@@]2(C)C3CC[C@@H]2[C@H](C)CCCC(C)C)C1. The maximum absolute atomic E-state index is 13.6. The van der Waals surface area contributed by atoms with E-state index in [0.717, 1.165) is 61.2 Å². The van der Waals surface area contributed by atoms with E-state index in [1.807, 2.05) is 0 Å². The number of rotatable bonds is 19. The fourth-order valence-corrected chi connectivity index (χ4v) is 11.4. The van der Waals surface area contributed by atoms with Crippen LogP contribution >= 0.6 is 0 Å². The van der Waals surface area contributed by atoms with Gasteiger partial charge in [-0.25, -0.2) is 0 Å². The van der Waals surface area contributed by atoms with Crippen molar-refractivity contribution in [3.05, 3.63) is 11.6 Å². The van der Waals surface area contributed by atoms with E-state index in [0.29, 0.717) is 10.8 Å². The normalized spacial score (nSPS) is 34.0. The zero-order valence-corrected chi connectivity index (χ0v) is 31.3. The predicted molar refractivity (Wildman–Crippen MR) is 193 cm³/mol. The van der Waals surface area contributed by atoms with E-state index in [1.54, 1.807) is 5.57 Å². The number of hydrogen-bond acceptors (Lipinski definition) is 2. The van der Waals surface area contributed by atoms with E-state index >= 15 is 0 Å². The van der Waals surface area contributed by atoms with Crippen LogP contribution in [0.4, 0.5) is 0 Å². The average Bonchev–Trinajstić information content (AvgIpc) is 3.37. The van der Waals surface area contributed by atoms with Crippen molar-refractivity contribution >= 4 is 5.97 Å². The average molecular weight is 625 g/mol. The summed E-state index contributed by atoms with van der Waals surface area (Å²) in [5.41, 5.74) is 2.53. The van der Waals surface area contributed by atoms with Crippen molar-refractivity contribution in [1.29, 1.82) is 0 Å². The molecule has 260 valence electrons. The highest BCUT2D eigenvalue weighted by Gasteiger charge is 2.59. The van der Waals surface area contributed by atoms with E-state index in [9.17, 15) is 4.79 Å². The molecule has 0 aromatic rings. The molecule has 0 aromatic heterocycles. The number of fused-ring (bicyclic) bond motifs is 5. The minimum atomic E-state index is 0.104. The van der Waals surface area contributed by atoms with Crippen LogP contribution in [0.2, 0.25) is 0 Å². The van der Waals surface area contributed by atoms with Gasteiger partial charge in [-0.2, -0.15) is 0 Å². The van der Waals surface area contributed by atoms with Gasteiger partial charge in [0.1, 0.15) is 6.10 Å². The van der Waals surface area contributed by atoms with Crippen LogP contribution in [0.25, 0.3) is 0 Å². The van der Waals surface area contributed by atoms with Crippen LogP contribution < -0.4 is 0 Å². The highest BCUT2D eigenvalue weighted by atomic mass is 16.5. The lowest BCUT2D eigenvalue weighted by Gasteiger charge is -2.58. The van der Waals surface area contributed by atoms with Gasteiger partial charge in [-0.3, -0.25) is 4.79 Å². The van der Waals surface area contributed by atoms with Gasteiger partial charge in [0.05, 0.1) is 5.92 Å². The topological polar surface area (TPSA) is 26.3 Å². The van der Waals surface area contributed by atoms with E-state index < -0.39 is 0 Å². The van der Waals surface area contributed by atoms with Crippen molar-refractivity contribution in [1.82, 2.24) is 0 Å². The molecule has 2 nitrogen and oxygen atoms in total. The van der Waals surface area contributed by atoms with Gasteiger partial charge in [0.25, 0.3) is 0 Å². The highest BCUT2D eigenvalue weighted by molar-refractivity contribution is 5.72. The minimum absolute atomic E-state index is 0.104. The molecule has 9 atom stereocenters. The summed E-state index contributed by atoms with van der Waals surface area (Å²) in [6, 6.07) is 0. The molecule has 5 unspecified atom stereocenters. The van der Waals surface area contributed by atoms with Gasteiger partial charge < -0.3 is 4.74 Å². The molecule has 0 aromatic carbocycles. The van der Waals surface area contributed by atoms with Crippen LogP contribution in [-0.2, 0) is 9.53 Å². The quantitative estimate of drug-likeness (QED) is 0.0812. The summed E-state index contributed by atoms with van der Waals surface area (Å²) in [5.74, 6) is 5.51. The molecule has 3 fully saturated rings. The first-order valence-corrected chi connectivity index (χ1v) is 20.5. The maximum atomic E-state index is 13.6. The molecule has 0 bridgehead atoms. The first kappa shape index (κ1) is 37.0. The van der Waals surface area contributed by atoms with E-state index in [4.69, 9.17) is 4.74 Å². The molecule has 0 radical (unpaired) electrons. The highest BCUT2D eigenvalue weighted by Crippen LogP contribution is 2.67. The number of allylic oxidation sites excluding steroid dienone is 1. The van der Waals surface area contributed by atoms with Gasteiger partial charge in [-0.05, 0) is 104 Å². The molecule has 4 rings (SSSR count). The molecular weight excluding hydrogens is 548 g/mol. The third kappa shape index (κ3) is 9.22. The van der Waals surface area contributed by atoms with Crippen LogP contribution in [0.5, 0.6) is 0 Å². The second kappa shape index (κ2) is 17.6. The van der Waals surface area contributed by atoms with E-state index in [1.165, 1.54) is 122 Å². The van der Waals surface area contributed by atoms with Gasteiger partial charge in [-0.15, -0.1) is 0 Å². The second-order valence-corrected chi connectivity index (χ2v) is 17.7. The van der Waals surface area contributed by atoms with Crippen LogP contribution in [0.1, 0.15) is 196 Å².